The molecule has 4 aromatic carbocycles. The average molecular weight is 731 g/mol. The van der Waals surface area contributed by atoms with Gasteiger partial charge in [-0.15, -0.1) is 0 Å². The standard InChI is InChI=1S/C40H30Br2N2O2/c41-39-35(27-45)33-13-5-7-15-37(33)43(39)25-9-1-3-11-29-17-21-31(22-18-29)32-23-19-30(20-24-32)12-4-2-10-26-44-38-16-8-6-14-34(38)36(28-46)40(44)42/h5-8,13-24,27-28H,1-2,9-10,25-26H2. The summed E-state index contributed by atoms with van der Waals surface area (Å²) >= 11 is 7.21. The smallest absolute Gasteiger partial charge is 0.153 e. The van der Waals surface area contributed by atoms with E-state index in [-0.39, 0.29) is 0 Å². The van der Waals surface area contributed by atoms with Gasteiger partial charge in [0.2, 0.25) is 0 Å². The van der Waals surface area contributed by atoms with Gasteiger partial charge in [-0.05, 0) is 92.2 Å². The van der Waals surface area contributed by atoms with E-state index in [9.17, 15) is 9.59 Å². The van der Waals surface area contributed by atoms with E-state index in [4.69, 9.17) is 0 Å². The molecule has 0 saturated heterocycles. The number of hydrogen-bond donors (Lipinski definition) is 0. The highest BCUT2D eigenvalue weighted by Gasteiger charge is 2.14. The predicted octanol–water partition coefficient (Wildman–Crippen LogP) is 10.1. The summed E-state index contributed by atoms with van der Waals surface area (Å²) in [6.45, 7) is 1.57. The normalized spacial score (nSPS) is 10.7. The van der Waals surface area contributed by atoms with Gasteiger partial charge in [0.1, 0.15) is 0 Å². The summed E-state index contributed by atoms with van der Waals surface area (Å²) in [4.78, 5) is 23.2. The molecule has 6 aromatic rings. The van der Waals surface area contributed by atoms with Crippen LogP contribution >= 0.6 is 31.9 Å². The fourth-order valence-electron chi connectivity index (χ4n) is 5.73. The van der Waals surface area contributed by atoms with Gasteiger partial charge in [0.15, 0.2) is 12.6 Å². The van der Waals surface area contributed by atoms with E-state index in [1.807, 2.05) is 48.5 Å². The molecule has 0 bridgehead atoms. The van der Waals surface area contributed by atoms with Crippen LogP contribution in [0.15, 0.2) is 106 Å². The first kappa shape index (κ1) is 31.4. The van der Waals surface area contributed by atoms with Crippen molar-refractivity contribution in [2.24, 2.45) is 0 Å². The largest absolute Gasteiger partial charge is 0.335 e. The Morgan fingerprint density at radius 3 is 1.33 bits per heavy atom. The van der Waals surface area contributed by atoms with Crippen molar-refractivity contribution in [1.82, 2.24) is 9.13 Å². The van der Waals surface area contributed by atoms with Crippen molar-refractivity contribution in [2.45, 2.75) is 38.8 Å². The Balaban J connectivity index is 0.998. The SMILES string of the molecule is O=Cc1c(Br)n(CCCC#Cc2ccc(-c3ccc(C#CCCCn4c(Br)c(C=O)c5ccccc54)cc3)cc2)c2ccccc12. The number of aromatic nitrogens is 2. The molecule has 6 rings (SSSR count). The number of nitrogens with zero attached hydrogens (tertiary/aromatic N) is 2. The lowest BCUT2D eigenvalue weighted by Gasteiger charge is -2.05. The highest BCUT2D eigenvalue weighted by molar-refractivity contribution is 9.10. The van der Waals surface area contributed by atoms with Gasteiger partial charge in [0.25, 0.3) is 0 Å². The minimum absolute atomic E-state index is 0.697. The molecule has 226 valence electrons. The predicted molar refractivity (Wildman–Crippen MR) is 194 cm³/mol. The average Bonchev–Trinajstić information content (AvgIpc) is 3.53. The van der Waals surface area contributed by atoms with Crippen LogP contribution < -0.4 is 0 Å². The number of carbonyl (C=O) groups is 2. The van der Waals surface area contributed by atoms with Crippen LogP contribution in [-0.2, 0) is 13.1 Å². The maximum Gasteiger partial charge on any atom is 0.153 e. The van der Waals surface area contributed by atoms with Crippen LogP contribution in [0.4, 0.5) is 0 Å². The van der Waals surface area contributed by atoms with E-state index in [1.165, 1.54) is 0 Å². The van der Waals surface area contributed by atoms with Crippen molar-refractivity contribution < 1.29 is 9.59 Å². The highest BCUT2D eigenvalue weighted by Crippen LogP contribution is 2.30. The van der Waals surface area contributed by atoms with Crippen LogP contribution in [-0.4, -0.2) is 21.7 Å². The van der Waals surface area contributed by atoms with E-state index in [1.54, 1.807) is 0 Å². The van der Waals surface area contributed by atoms with Crippen molar-refractivity contribution >= 4 is 66.2 Å². The maximum atomic E-state index is 11.6. The summed E-state index contributed by atoms with van der Waals surface area (Å²) in [5.74, 6) is 13.2. The number of aryl methyl sites for hydroxylation is 2. The van der Waals surface area contributed by atoms with Crippen molar-refractivity contribution in [1.29, 1.82) is 0 Å². The second-order valence-electron chi connectivity index (χ2n) is 10.9. The van der Waals surface area contributed by atoms with Crippen LogP contribution in [0.5, 0.6) is 0 Å². The maximum absolute atomic E-state index is 11.6. The molecule has 2 aromatic heterocycles. The van der Waals surface area contributed by atoms with E-state index in [2.05, 4.69) is 113 Å². The zero-order valence-corrected chi connectivity index (χ0v) is 28.3. The Morgan fingerprint density at radius 2 is 0.935 bits per heavy atom. The van der Waals surface area contributed by atoms with Crippen molar-refractivity contribution in [3.05, 3.63) is 129 Å². The van der Waals surface area contributed by atoms with Gasteiger partial charge >= 0.3 is 0 Å². The summed E-state index contributed by atoms with van der Waals surface area (Å²) < 4.78 is 5.94. The molecular formula is C40H30Br2N2O2. The number of fused-ring (bicyclic) bond motifs is 2. The molecule has 0 fully saturated rings. The van der Waals surface area contributed by atoms with Crippen LogP contribution in [0.2, 0.25) is 0 Å². The molecule has 0 N–H and O–H groups in total. The zero-order valence-electron chi connectivity index (χ0n) is 25.1. The molecule has 0 radical (unpaired) electrons. The summed E-state index contributed by atoms with van der Waals surface area (Å²) in [6, 6.07) is 32.6. The van der Waals surface area contributed by atoms with E-state index >= 15 is 0 Å². The summed E-state index contributed by atoms with van der Waals surface area (Å²) in [5.41, 5.74) is 7.77. The lowest BCUT2D eigenvalue weighted by Crippen LogP contribution is -1.98. The third-order valence-corrected chi connectivity index (χ3v) is 9.77. The van der Waals surface area contributed by atoms with Crippen LogP contribution in [0, 0.1) is 23.7 Å². The first-order chi connectivity index (χ1) is 22.6. The van der Waals surface area contributed by atoms with Gasteiger partial charge in [-0.3, -0.25) is 9.59 Å². The number of aldehydes is 2. The van der Waals surface area contributed by atoms with Crippen LogP contribution in [0.25, 0.3) is 32.9 Å². The van der Waals surface area contributed by atoms with Gasteiger partial charge in [-0.25, -0.2) is 0 Å². The van der Waals surface area contributed by atoms with Gasteiger partial charge < -0.3 is 9.13 Å². The molecule has 0 unspecified atom stereocenters. The Bertz CT molecular complexity index is 2010. The second-order valence-corrected chi connectivity index (χ2v) is 12.4. The fraction of sp³-hybridized carbons (Fsp3) is 0.150. The van der Waals surface area contributed by atoms with E-state index in [0.717, 1.165) is 105 Å². The quantitative estimate of drug-likeness (QED) is 0.0845. The third kappa shape index (κ3) is 6.65. The molecule has 0 spiro atoms. The zero-order chi connectivity index (χ0) is 31.9. The highest BCUT2D eigenvalue weighted by atomic mass is 79.9. The molecular weight excluding hydrogens is 700 g/mol. The first-order valence-corrected chi connectivity index (χ1v) is 16.8. The van der Waals surface area contributed by atoms with Gasteiger partial charge in [0.05, 0.1) is 20.3 Å². The number of benzene rings is 4. The monoisotopic (exact) mass is 728 g/mol. The molecule has 0 aliphatic rings. The van der Waals surface area contributed by atoms with E-state index in [0.29, 0.717) is 11.1 Å². The Kier molecular flexibility index (Phi) is 9.99. The summed E-state index contributed by atoms with van der Waals surface area (Å²) in [7, 11) is 0. The molecule has 0 saturated carbocycles. The molecule has 0 atom stereocenters. The third-order valence-electron chi connectivity index (χ3n) is 8.06. The van der Waals surface area contributed by atoms with Crippen molar-refractivity contribution in [3.63, 3.8) is 0 Å². The Hall–Kier alpha value is -4.62. The number of unbranched alkanes of at least 4 members (excludes halogenated alkanes) is 2. The number of halogens is 2. The lowest BCUT2D eigenvalue weighted by atomic mass is 10.0. The minimum atomic E-state index is 0.697. The molecule has 4 nitrogen and oxygen atoms in total. The molecule has 46 heavy (non-hydrogen) atoms. The number of rotatable bonds is 9. The Labute approximate surface area is 285 Å². The van der Waals surface area contributed by atoms with Gasteiger partial charge in [-0.1, -0.05) is 84.3 Å². The number of hydrogen-bond acceptors (Lipinski definition) is 2. The number of carbonyl (C=O) groups excluding carboxylic acids is 2. The molecule has 0 amide bonds. The summed E-state index contributed by atoms with van der Waals surface area (Å²) in [6.07, 6.45) is 5.14. The minimum Gasteiger partial charge on any atom is -0.335 e. The number of para-hydroxylation sites is 2. The van der Waals surface area contributed by atoms with Gasteiger partial charge in [0, 0.05) is 58.9 Å². The summed E-state index contributed by atoms with van der Waals surface area (Å²) in [5, 5.41) is 1.94. The first-order valence-electron chi connectivity index (χ1n) is 15.2. The molecule has 6 heteroatoms. The fourth-order valence-corrected chi connectivity index (χ4v) is 7.08. The Morgan fingerprint density at radius 1 is 0.543 bits per heavy atom. The lowest BCUT2D eigenvalue weighted by molar-refractivity contribution is 0.111. The molecule has 0 aliphatic carbocycles. The van der Waals surface area contributed by atoms with Gasteiger partial charge in [-0.2, -0.15) is 0 Å². The molecule has 0 aliphatic heterocycles. The topological polar surface area (TPSA) is 44.0 Å². The second kappa shape index (κ2) is 14.6. The molecule has 2 heterocycles. The van der Waals surface area contributed by atoms with E-state index < -0.39 is 0 Å². The van der Waals surface area contributed by atoms with Crippen molar-refractivity contribution in [2.75, 3.05) is 0 Å². The van der Waals surface area contributed by atoms with Crippen LogP contribution in [0.3, 0.4) is 0 Å². The van der Waals surface area contributed by atoms with Crippen molar-refractivity contribution in [3.8, 4) is 34.8 Å². The van der Waals surface area contributed by atoms with Crippen LogP contribution in [0.1, 0.15) is 57.5 Å².